The van der Waals surface area contributed by atoms with Crippen LogP contribution in [0, 0.1) is 13.8 Å². The third kappa shape index (κ3) is 5.82. The Hall–Kier alpha value is -2.34. The zero-order valence-electron chi connectivity index (χ0n) is 16.5. The number of sulfonamides is 1. The number of amides is 1. The van der Waals surface area contributed by atoms with Crippen molar-refractivity contribution in [3.63, 3.8) is 0 Å². The van der Waals surface area contributed by atoms with Crippen LogP contribution in [-0.4, -0.2) is 27.1 Å². The van der Waals surface area contributed by atoms with Crippen molar-refractivity contribution in [3.05, 3.63) is 64.7 Å². The number of nitrogens with zero attached hydrogens (tertiary/aromatic N) is 1. The number of rotatable bonds is 8. The highest BCUT2D eigenvalue weighted by molar-refractivity contribution is 7.92. The molecule has 0 radical (unpaired) electrons. The first kappa shape index (κ1) is 21.0. The highest BCUT2D eigenvalue weighted by Crippen LogP contribution is 2.28. The highest BCUT2D eigenvalue weighted by Gasteiger charge is 2.22. The maximum atomic E-state index is 12.4. The molecule has 0 aromatic heterocycles. The predicted octanol–water partition coefficient (Wildman–Crippen LogP) is 3.34. The molecule has 0 bridgehead atoms. The van der Waals surface area contributed by atoms with Crippen molar-refractivity contribution in [2.45, 2.75) is 40.2 Å². The summed E-state index contributed by atoms with van der Waals surface area (Å²) >= 11 is 0. The van der Waals surface area contributed by atoms with Gasteiger partial charge >= 0.3 is 0 Å². The van der Waals surface area contributed by atoms with Gasteiger partial charge in [0, 0.05) is 19.5 Å². The lowest BCUT2D eigenvalue weighted by molar-refractivity contribution is -0.121. The molecular weight excluding hydrogens is 360 g/mol. The van der Waals surface area contributed by atoms with E-state index in [0.717, 1.165) is 23.1 Å². The first-order valence-electron chi connectivity index (χ1n) is 9.10. The van der Waals surface area contributed by atoms with Gasteiger partial charge in [0.05, 0.1) is 11.9 Å². The first-order valence-corrected chi connectivity index (χ1v) is 11.0. The number of carbonyl (C=O) groups is 1. The number of hydrogen-bond acceptors (Lipinski definition) is 3. The summed E-state index contributed by atoms with van der Waals surface area (Å²) in [6.45, 7) is 6.45. The van der Waals surface area contributed by atoms with Crippen molar-refractivity contribution in [3.8, 4) is 0 Å². The van der Waals surface area contributed by atoms with E-state index in [-0.39, 0.29) is 18.9 Å². The van der Waals surface area contributed by atoms with Gasteiger partial charge < -0.3 is 5.32 Å². The average Bonchev–Trinajstić information content (AvgIpc) is 2.61. The van der Waals surface area contributed by atoms with Crippen LogP contribution in [0.1, 0.15) is 35.6 Å². The summed E-state index contributed by atoms with van der Waals surface area (Å²) in [4.78, 5) is 12.3. The summed E-state index contributed by atoms with van der Waals surface area (Å²) < 4.78 is 26.1. The molecule has 0 heterocycles. The van der Waals surface area contributed by atoms with E-state index in [1.54, 1.807) is 0 Å². The normalized spacial score (nSPS) is 11.3. The van der Waals surface area contributed by atoms with Crippen molar-refractivity contribution in [2.75, 3.05) is 17.1 Å². The largest absolute Gasteiger partial charge is 0.352 e. The quantitative estimate of drug-likeness (QED) is 0.754. The van der Waals surface area contributed by atoms with E-state index in [2.05, 4.69) is 5.32 Å². The van der Waals surface area contributed by atoms with Gasteiger partial charge in [0.15, 0.2) is 0 Å². The Bertz CT molecular complexity index is 890. The molecule has 0 unspecified atom stereocenters. The van der Waals surface area contributed by atoms with Crippen LogP contribution in [0.5, 0.6) is 0 Å². The Balaban J connectivity index is 2.07. The van der Waals surface area contributed by atoms with Gasteiger partial charge in [-0.25, -0.2) is 8.42 Å². The molecule has 27 heavy (non-hydrogen) atoms. The molecule has 0 spiro atoms. The molecule has 6 heteroatoms. The molecule has 0 saturated heterocycles. The van der Waals surface area contributed by atoms with Crippen LogP contribution >= 0.6 is 0 Å². The third-order valence-electron chi connectivity index (χ3n) is 4.50. The zero-order chi connectivity index (χ0) is 20.0. The Morgan fingerprint density at radius 1 is 1.07 bits per heavy atom. The van der Waals surface area contributed by atoms with Crippen LogP contribution in [0.3, 0.4) is 0 Å². The molecule has 2 rings (SSSR count). The molecule has 2 aromatic rings. The standard InChI is InChI=1S/C21H28N2O3S/c1-5-19-8-6-7-17(3)21(19)23(27(4,25)26)14-13-20(24)22-15-18-11-9-16(2)10-12-18/h6-12H,5,13-15H2,1-4H3,(H,22,24). The Morgan fingerprint density at radius 3 is 2.33 bits per heavy atom. The fraction of sp³-hybridized carbons (Fsp3) is 0.381. The summed E-state index contributed by atoms with van der Waals surface area (Å²) in [7, 11) is -3.49. The van der Waals surface area contributed by atoms with Gasteiger partial charge in [-0.3, -0.25) is 9.10 Å². The summed E-state index contributed by atoms with van der Waals surface area (Å²) in [6, 6.07) is 13.7. The summed E-state index contributed by atoms with van der Waals surface area (Å²) in [6.07, 6.45) is 2.02. The minimum atomic E-state index is -3.49. The molecule has 1 N–H and O–H groups in total. The number of nitrogens with one attached hydrogen (secondary N) is 1. The smallest absolute Gasteiger partial charge is 0.232 e. The summed E-state index contributed by atoms with van der Waals surface area (Å²) in [5.41, 5.74) is 4.72. The number of carbonyl (C=O) groups excluding carboxylic acids is 1. The minimum absolute atomic E-state index is 0.108. The van der Waals surface area contributed by atoms with Gasteiger partial charge in [-0.2, -0.15) is 0 Å². The molecule has 0 aliphatic carbocycles. The number of aryl methyl sites for hydroxylation is 3. The van der Waals surface area contributed by atoms with Gasteiger partial charge in [-0.05, 0) is 37.0 Å². The van der Waals surface area contributed by atoms with E-state index in [0.29, 0.717) is 12.2 Å². The van der Waals surface area contributed by atoms with Crippen LogP contribution in [0.15, 0.2) is 42.5 Å². The maximum Gasteiger partial charge on any atom is 0.232 e. The number of para-hydroxylation sites is 1. The van der Waals surface area contributed by atoms with Crippen molar-refractivity contribution in [1.82, 2.24) is 5.32 Å². The molecule has 0 aliphatic heterocycles. The molecular formula is C21H28N2O3S. The van der Waals surface area contributed by atoms with Crippen molar-refractivity contribution in [2.24, 2.45) is 0 Å². The van der Waals surface area contributed by atoms with E-state index in [1.165, 1.54) is 16.1 Å². The molecule has 146 valence electrons. The molecule has 5 nitrogen and oxygen atoms in total. The van der Waals surface area contributed by atoms with Crippen LogP contribution in [0.4, 0.5) is 5.69 Å². The van der Waals surface area contributed by atoms with Gasteiger partial charge in [-0.15, -0.1) is 0 Å². The first-order chi connectivity index (χ1) is 12.7. The topological polar surface area (TPSA) is 66.5 Å². The van der Waals surface area contributed by atoms with Crippen molar-refractivity contribution < 1.29 is 13.2 Å². The second kappa shape index (κ2) is 9.04. The van der Waals surface area contributed by atoms with E-state index in [1.807, 2.05) is 63.2 Å². The van der Waals surface area contributed by atoms with E-state index in [9.17, 15) is 13.2 Å². The summed E-state index contributed by atoms with van der Waals surface area (Å²) in [5.74, 6) is -0.171. The van der Waals surface area contributed by atoms with Gasteiger partial charge in [-0.1, -0.05) is 55.0 Å². The second-order valence-corrected chi connectivity index (χ2v) is 8.69. The lowest BCUT2D eigenvalue weighted by Crippen LogP contribution is -2.35. The monoisotopic (exact) mass is 388 g/mol. The van der Waals surface area contributed by atoms with Gasteiger partial charge in [0.25, 0.3) is 0 Å². The number of benzene rings is 2. The Labute approximate surface area is 162 Å². The van der Waals surface area contributed by atoms with Crippen molar-refractivity contribution >= 4 is 21.6 Å². The van der Waals surface area contributed by atoms with Crippen LogP contribution in [0.25, 0.3) is 0 Å². The minimum Gasteiger partial charge on any atom is -0.352 e. The van der Waals surface area contributed by atoms with Crippen LogP contribution in [-0.2, 0) is 27.8 Å². The van der Waals surface area contributed by atoms with E-state index in [4.69, 9.17) is 0 Å². The van der Waals surface area contributed by atoms with Gasteiger partial charge in [0.2, 0.25) is 15.9 Å². The lowest BCUT2D eigenvalue weighted by Gasteiger charge is -2.26. The second-order valence-electron chi connectivity index (χ2n) is 6.78. The molecule has 0 aliphatic rings. The predicted molar refractivity (Wildman–Crippen MR) is 110 cm³/mol. The highest BCUT2D eigenvalue weighted by atomic mass is 32.2. The molecule has 0 atom stereocenters. The molecule has 0 fully saturated rings. The molecule has 2 aromatic carbocycles. The van der Waals surface area contributed by atoms with Crippen molar-refractivity contribution in [1.29, 1.82) is 0 Å². The number of hydrogen-bond donors (Lipinski definition) is 1. The fourth-order valence-electron chi connectivity index (χ4n) is 3.00. The van der Waals surface area contributed by atoms with Gasteiger partial charge in [0.1, 0.15) is 0 Å². The Morgan fingerprint density at radius 2 is 1.74 bits per heavy atom. The SMILES string of the molecule is CCc1cccc(C)c1N(CCC(=O)NCc1ccc(C)cc1)S(C)(=O)=O. The lowest BCUT2D eigenvalue weighted by atomic mass is 10.1. The van der Waals surface area contributed by atoms with E-state index >= 15 is 0 Å². The fourth-order valence-corrected chi connectivity index (χ4v) is 4.02. The maximum absolute atomic E-state index is 12.4. The molecule has 0 saturated carbocycles. The van der Waals surface area contributed by atoms with E-state index < -0.39 is 10.0 Å². The summed E-state index contributed by atoms with van der Waals surface area (Å²) in [5, 5.41) is 2.86. The third-order valence-corrected chi connectivity index (χ3v) is 5.67. The average molecular weight is 389 g/mol. The van der Waals surface area contributed by atoms with Crippen LogP contribution < -0.4 is 9.62 Å². The number of anilines is 1. The zero-order valence-corrected chi connectivity index (χ0v) is 17.3. The molecule has 1 amide bonds. The van der Waals surface area contributed by atoms with Crippen LogP contribution in [0.2, 0.25) is 0 Å². The Kier molecular flexibility index (Phi) is 7.02.